The zero-order chi connectivity index (χ0) is 10.1. The van der Waals surface area contributed by atoms with Crippen molar-refractivity contribution in [3.8, 4) is 0 Å². The summed E-state index contributed by atoms with van der Waals surface area (Å²) >= 11 is 0. The van der Waals surface area contributed by atoms with Crippen LogP contribution in [-0.4, -0.2) is 7.05 Å². The lowest BCUT2D eigenvalue weighted by molar-refractivity contribution is 0.590. The van der Waals surface area contributed by atoms with E-state index in [1.807, 2.05) is 0 Å². The van der Waals surface area contributed by atoms with E-state index in [9.17, 15) is 0 Å². The molecule has 1 aromatic carbocycles. The van der Waals surface area contributed by atoms with E-state index in [-0.39, 0.29) is 0 Å². The predicted molar refractivity (Wildman–Crippen MR) is 60.7 cm³/mol. The number of fused-ring (bicyclic) bond motifs is 1. The SMILES string of the molecule is CNC1CCc2cc(C(C)C)ccc21. The molecule has 0 saturated carbocycles. The van der Waals surface area contributed by atoms with Gasteiger partial charge in [0.15, 0.2) is 0 Å². The molecule has 1 unspecified atom stereocenters. The van der Waals surface area contributed by atoms with Gasteiger partial charge in [-0.3, -0.25) is 0 Å². The molecule has 1 nitrogen and oxygen atoms in total. The Morgan fingerprint density at radius 2 is 2.14 bits per heavy atom. The Balaban J connectivity index is 2.34. The fraction of sp³-hybridized carbons (Fsp3) is 0.538. The van der Waals surface area contributed by atoms with Gasteiger partial charge in [-0.05, 0) is 42.5 Å². The van der Waals surface area contributed by atoms with Crippen LogP contribution in [-0.2, 0) is 6.42 Å². The first-order chi connectivity index (χ1) is 6.72. The van der Waals surface area contributed by atoms with Crippen LogP contribution in [0.4, 0.5) is 0 Å². The molecular formula is C13H19N. The molecule has 14 heavy (non-hydrogen) atoms. The second kappa shape index (κ2) is 3.74. The molecule has 0 fully saturated rings. The Morgan fingerprint density at radius 1 is 1.36 bits per heavy atom. The number of aryl methyl sites for hydroxylation is 1. The standard InChI is InChI=1S/C13H19N/c1-9(2)10-4-6-12-11(8-10)5-7-13(12)14-3/h4,6,8-9,13-14H,5,7H2,1-3H3. The van der Waals surface area contributed by atoms with E-state index in [2.05, 4.69) is 44.4 Å². The summed E-state index contributed by atoms with van der Waals surface area (Å²) in [5.74, 6) is 0.647. The lowest BCUT2D eigenvalue weighted by Crippen LogP contribution is -2.12. The van der Waals surface area contributed by atoms with Gasteiger partial charge in [-0.15, -0.1) is 0 Å². The maximum absolute atomic E-state index is 3.37. The summed E-state index contributed by atoms with van der Waals surface area (Å²) < 4.78 is 0. The minimum atomic E-state index is 0.589. The van der Waals surface area contributed by atoms with Gasteiger partial charge in [-0.1, -0.05) is 32.0 Å². The van der Waals surface area contributed by atoms with Crippen molar-refractivity contribution in [1.29, 1.82) is 0 Å². The molecule has 1 aliphatic rings. The van der Waals surface area contributed by atoms with Gasteiger partial charge in [0.2, 0.25) is 0 Å². The number of benzene rings is 1. The molecule has 0 saturated heterocycles. The van der Waals surface area contributed by atoms with Crippen molar-refractivity contribution in [3.63, 3.8) is 0 Å². The molecule has 76 valence electrons. The summed E-state index contributed by atoms with van der Waals surface area (Å²) in [6.07, 6.45) is 2.49. The molecule has 1 N–H and O–H groups in total. The zero-order valence-electron chi connectivity index (χ0n) is 9.30. The Kier molecular flexibility index (Phi) is 2.60. The predicted octanol–water partition coefficient (Wildman–Crippen LogP) is 3.02. The van der Waals surface area contributed by atoms with Crippen LogP contribution in [0.2, 0.25) is 0 Å². The molecule has 0 radical (unpaired) electrons. The summed E-state index contributed by atoms with van der Waals surface area (Å²) in [6, 6.07) is 7.56. The van der Waals surface area contributed by atoms with Gasteiger partial charge in [0.25, 0.3) is 0 Å². The third-order valence-electron chi connectivity index (χ3n) is 3.26. The number of hydrogen-bond acceptors (Lipinski definition) is 1. The second-order valence-corrected chi connectivity index (χ2v) is 4.49. The molecule has 0 aliphatic heterocycles. The highest BCUT2D eigenvalue weighted by atomic mass is 14.9. The van der Waals surface area contributed by atoms with Crippen molar-refractivity contribution in [2.24, 2.45) is 0 Å². The first-order valence-corrected chi connectivity index (χ1v) is 5.52. The van der Waals surface area contributed by atoms with Gasteiger partial charge >= 0.3 is 0 Å². The summed E-state index contributed by atoms with van der Waals surface area (Å²) in [4.78, 5) is 0. The average Bonchev–Trinajstić information content (AvgIpc) is 2.59. The molecule has 0 bridgehead atoms. The van der Waals surface area contributed by atoms with Gasteiger partial charge in [-0.25, -0.2) is 0 Å². The summed E-state index contributed by atoms with van der Waals surface area (Å²) in [5.41, 5.74) is 4.54. The minimum Gasteiger partial charge on any atom is -0.313 e. The summed E-state index contributed by atoms with van der Waals surface area (Å²) in [6.45, 7) is 4.51. The van der Waals surface area contributed by atoms with Crippen LogP contribution in [0.5, 0.6) is 0 Å². The lowest BCUT2D eigenvalue weighted by atomic mass is 9.98. The third kappa shape index (κ3) is 1.57. The molecule has 1 heteroatoms. The summed E-state index contributed by atoms with van der Waals surface area (Å²) in [5, 5.41) is 3.37. The monoisotopic (exact) mass is 189 g/mol. The zero-order valence-corrected chi connectivity index (χ0v) is 9.30. The number of rotatable bonds is 2. The average molecular weight is 189 g/mol. The van der Waals surface area contributed by atoms with Gasteiger partial charge in [0.05, 0.1) is 0 Å². The highest BCUT2D eigenvalue weighted by Gasteiger charge is 2.20. The van der Waals surface area contributed by atoms with Crippen LogP contribution in [0.15, 0.2) is 18.2 Å². The van der Waals surface area contributed by atoms with Crippen LogP contribution in [0.1, 0.15) is 48.9 Å². The van der Waals surface area contributed by atoms with E-state index >= 15 is 0 Å². The Labute approximate surface area is 86.5 Å². The highest BCUT2D eigenvalue weighted by molar-refractivity contribution is 5.38. The Morgan fingerprint density at radius 3 is 2.79 bits per heavy atom. The number of nitrogens with one attached hydrogen (secondary N) is 1. The van der Waals surface area contributed by atoms with E-state index < -0.39 is 0 Å². The van der Waals surface area contributed by atoms with Crippen LogP contribution >= 0.6 is 0 Å². The van der Waals surface area contributed by atoms with E-state index in [0.29, 0.717) is 12.0 Å². The lowest BCUT2D eigenvalue weighted by Gasteiger charge is -2.12. The summed E-state index contributed by atoms with van der Waals surface area (Å²) in [7, 11) is 2.05. The molecule has 0 spiro atoms. The molecule has 0 aromatic heterocycles. The topological polar surface area (TPSA) is 12.0 Å². The maximum Gasteiger partial charge on any atom is 0.0323 e. The minimum absolute atomic E-state index is 0.589. The Bertz CT molecular complexity index is 328. The fourth-order valence-electron chi connectivity index (χ4n) is 2.30. The normalized spacial score (nSPS) is 20.1. The maximum atomic E-state index is 3.37. The second-order valence-electron chi connectivity index (χ2n) is 4.49. The van der Waals surface area contributed by atoms with Crippen LogP contribution in [0, 0.1) is 0 Å². The van der Waals surface area contributed by atoms with Crippen molar-refractivity contribution in [2.45, 2.75) is 38.6 Å². The smallest absolute Gasteiger partial charge is 0.0323 e. The molecular weight excluding hydrogens is 170 g/mol. The molecule has 0 heterocycles. The molecule has 0 amide bonds. The highest BCUT2D eigenvalue weighted by Crippen LogP contribution is 2.32. The number of hydrogen-bond donors (Lipinski definition) is 1. The molecule has 2 rings (SSSR count). The molecule has 1 aliphatic carbocycles. The molecule has 1 atom stereocenters. The molecule has 1 aromatic rings. The van der Waals surface area contributed by atoms with Crippen molar-refractivity contribution < 1.29 is 0 Å². The van der Waals surface area contributed by atoms with Gasteiger partial charge in [-0.2, -0.15) is 0 Å². The van der Waals surface area contributed by atoms with Crippen LogP contribution in [0.25, 0.3) is 0 Å². The van der Waals surface area contributed by atoms with Crippen LogP contribution in [0.3, 0.4) is 0 Å². The van der Waals surface area contributed by atoms with Crippen molar-refractivity contribution >= 4 is 0 Å². The van der Waals surface area contributed by atoms with E-state index in [0.717, 1.165) is 0 Å². The van der Waals surface area contributed by atoms with E-state index in [1.54, 1.807) is 5.56 Å². The van der Waals surface area contributed by atoms with Crippen molar-refractivity contribution in [3.05, 3.63) is 34.9 Å². The van der Waals surface area contributed by atoms with Gasteiger partial charge in [0.1, 0.15) is 0 Å². The fourth-order valence-corrected chi connectivity index (χ4v) is 2.30. The van der Waals surface area contributed by atoms with Crippen molar-refractivity contribution in [2.75, 3.05) is 7.05 Å². The van der Waals surface area contributed by atoms with E-state index in [4.69, 9.17) is 0 Å². The van der Waals surface area contributed by atoms with Gasteiger partial charge < -0.3 is 5.32 Å². The Hall–Kier alpha value is -0.820. The third-order valence-corrected chi connectivity index (χ3v) is 3.26. The first-order valence-electron chi connectivity index (χ1n) is 5.52. The van der Waals surface area contributed by atoms with Crippen molar-refractivity contribution in [1.82, 2.24) is 5.32 Å². The van der Waals surface area contributed by atoms with Crippen LogP contribution < -0.4 is 5.32 Å². The van der Waals surface area contributed by atoms with Gasteiger partial charge in [0, 0.05) is 6.04 Å². The quantitative estimate of drug-likeness (QED) is 0.754. The first kappa shape index (κ1) is 9.72. The van der Waals surface area contributed by atoms with E-state index in [1.165, 1.54) is 24.0 Å². The largest absolute Gasteiger partial charge is 0.313 e.